The van der Waals surface area contributed by atoms with E-state index in [9.17, 15) is 10.2 Å². The molecule has 0 aliphatic carbocycles. The van der Waals surface area contributed by atoms with Crippen molar-refractivity contribution in [2.24, 2.45) is 22.7 Å². The summed E-state index contributed by atoms with van der Waals surface area (Å²) in [6.07, 6.45) is 18.9. The highest BCUT2D eigenvalue weighted by molar-refractivity contribution is 6.78. The highest BCUT2D eigenvalue weighted by atomic mass is 28.4. The quantitative estimate of drug-likeness (QED) is 0.0465. The zero-order chi connectivity index (χ0) is 76.1. The second-order valence-electron chi connectivity index (χ2n) is 35.9. The first-order chi connectivity index (χ1) is 49.3. The van der Waals surface area contributed by atoms with Gasteiger partial charge in [0.05, 0.1) is 61.0 Å². The van der Waals surface area contributed by atoms with Crippen LogP contribution in [0, 0.1) is 22.7 Å². The van der Waals surface area contributed by atoms with Crippen LogP contribution in [0.5, 0.6) is 11.5 Å². The molecule has 0 amide bonds. The zero-order valence-electron chi connectivity index (χ0n) is 68.8. The van der Waals surface area contributed by atoms with Crippen molar-refractivity contribution in [1.82, 2.24) is 0 Å². The van der Waals surface area contributed by atoms with Gasteiger partial charge in [-0.2, -0.15) is 0 Å². The van der Waals surface area contributed by atoms with Gasteiger partial charge in [-0.3, -0.25) is 0 Å². The van der Waals surface area contributed by atoms with E-state index in [1.165, 1.54) is 0 Å². The maximum atomic E-state index is 15.0. The molecule has 18 heteroatoms. The minimum absolute atomic E-state index is 0.00539. The zero-order valence-corrected chi connectivity index (χ0v) is 70.8. The Morgan fingerprint density at radius 2 is 0.760 bits per heavy atom. The number of fused-ring (bicyclic) bond motifs is 6. The van der Waals surface area contributed by atoms with E-state index in [2.05, 4.69) is 125 Å². The van der Waals surface area contributed by atoms with Gasteiger partial charge < -0.3 is 66.4 Å². The Bertz CT molecular complexity index is 2610. The highest BCUT2D eigenvalue weighted by Crippen LogP contribution is 2.47. The van der Waals surface area contributed by atoms with Crippen LogP contribution in [0.1, 0.15) is 311 Å². The largest absolute Gasteiger partial charge is 0.507 e. The first-order valence-electron chi connectivity index (χ1n) is 41.5. The van der Waals surface area contributed by atoms with Gasteiger partial charge in [0.25, 0.3) is 0 Å². The number of benzene rings is 2. The van der Waals surface area contributed by atoms with Crippen molar-refractivity contribution in [2.75, 3.05) is 41.0 Å². The van der Waals surface area contributed by atoms with Gasteiger partial charge in [0, 0.05) is 63.9 Å². The lowest BCUT2D eigenvalue weighted by Crippen LogP contribution is -2.51. The van der Waals surface area contributed by atoms with Crippen molar-refractivity contribution < 1.29 is 76.0 Å². The van der Waals surface area contributed by atoms with Crippen LogP contribution in [0.25, 0.3) is 0 Å². The Labute approximate surface area is 633 Å². The fourth-order valence-corrected chi connectivity index (χ4v) is 30.6. The molecule has 4 bridgehead atoms. The number of aromatic hydroxyl groups is 2. The molecule has 0 aromatic heterocycles. The lowest BCUT2D eigenvalue weighted by molar-refractivity contribution is -0.146. The third-order valence-electron chi connectivity index (χ3n) is 25.3. The molecule has 0 saturated carbocycles. The Hall–Kier alpha value is -2.99. The van der Waals surface area contributed by atoms with E-state index in [0.29, 0.717) is 85.0 Å². The summed E-state index contributed by atoms with van der Waals surface area (Å²) in [5.41, 5.74) is 4.43. The molecule has 0 radical (unpaired) electrons. The molecular formula is C86H148O16Si2. The van der Waals surface area contributed by atoms with E-state index in [1.807, 2.05) is 24.3 Å². The van der Waals surface area contributed by atoms with Gasteiger partial charge in [-0.25, -0.2) is 9.59 Å². The lowest BCUT2D eigenvalue weighted by Gasteiger charge is -2.46. The number of esters is 2. The van der Waals surface area contributed by atoms with E-state index in [-0.39, 0.29) is 120 Å². The maximum Gasteiger partial charge on any atom is 0.342 e. The number of rotatable bonds is 28. The number of methoxy groups -OCH3 is 2. The van der Waals surface area contributed by atoms with Crippen molar-refractivity contribution in [3.05, 3.63) is 58.7 Å². The molecule has 5 aliphatic heterocycles. The number of hydrogen-bond acceptors (Lipinski definition) is 16. The van der Waals surface area contributed by atoms with Crippen LogP contribution in [-0.4, -0.2) is 153 Å². The first-order valence-corrected chi connectivity index (χ1v) is 45.8. The van der Waals surface area contributed by atoms with Crippen molar-refractivity contribution >= 4 is 28.6 Å². The van der Waals surface area contributed by atoms with Crippen LogP contribution in [0.3, 0.4) is 0 Å². The Morgan fingerprint density at radius 1 is 0.433 bits per heavy atom. The van der Waals surface area contributed by atoms with Gasteiger partial charge in [-0.1, -0.05) is 149 Å². The van der Waals surface area contributed by atoms with Crippen molar-refractivity contribution in [3.63, 3.8) is 0 Å². The molecule has 2 N–H and O–H groups in total. The predicted octanol–water partition coefficient (Wildman–Crippen LogP) is 21.1. The van der Waals surface area contributed by atoms with Crippen molar-refractivity contribution in [2.45, 2.75) is 398 Å². The lowest BCUT2D eigenvalue weighted by atomic mass is 9.82. The van der Waals surface area contributed by atoms with E-state index in [0.717, 1.165) is 140 Å². The molecule has 0 spiro atoms. The Kier molecular flexibility index (Phi) is 35.5. The SMILES string of the molecule is COCO[C@@H](C[C@@H]1CCC[C@H](C(C)(C)CO[Si](C(C)C)(C(C)C)C(C)C)O1)C[C@H]1OC(=O)c2c(O)cccc2CCC[C@H]2CCC[C@@H](CC[C@H](C)[C@@H](C[C@H](C[C@@H]3CCC[C@H](C(C)(C)CO[Si](C(C)C)(C(C)C)C(C)C)O3)OCOC)OC(=O)c3c(O)cccc3CCC[C@@H]3CCC[C@H](CC[C@@H]1C)O3)O2. The minimum Gasteiger partial charge on any atom is -0.507 e. The second-order valence-corrected chi connectivity index (χ2v) is 46.8. The molecule has 596 valence electrons. The summed E-state index contributed by atoms with van der Waals surface area (Å²) < 4.78 is 80.6. The third kappa shape index (κ3) is 24.5. The fraction of sp³-hybridized carbons (Fsp3) is 0.837. The molecule has 14 atom stereocenters. The van der Waals surface area contributed by atoms with Gasteiger partial charge in [0.15, 0.2) is 16.6 Å². The summed E-state index contributed by atoms with van der Waals surface area (Å²) in [5, 5.41) is 23.4. The van der Waals surface area contributed by atoms with Crippen LogP contribution in [-0.2, 0) is 69.1 Å². The number of ether oxygens (including phenoxy) is 10. The Balaban J connectivity index is 1.10. The van der Waals surface area contributed by atoms with Crippen LogP contribution in [0.4, 0.5) is 0 Å². The number of aryl methyl sites for hydroxylation is 2. The highest BCUT2D eigenvalue weighted by Gasteiger charge is 2.50. The molecule has 4 saturated heterocycles. The molecule has 5 aliphatic rings. The van der Waals surface area contributed by atoms with E-state index in [1.54, 1.807) is 26.4 Å². The smallest absolute Gasteiger partial charge is 0.342 e. The number of phenols is 2. The normalized spacial score (nSPS) is 27.7. The molecule has 4 fully saturated rings. The fourth-order valence-electron chi connectivity index (χ4n) is 19.4. The minimum atomic E-state index is -2.11. The summed E-state index contributed by atoms with van der Waals surface area (Å²) in [6.45, 7) is 43.1. The van der Waals surface area contributed by atoms with Gasteiger partial charge in [0.1, 0.15) is 48.4 Å². The van der Waals surface area contributed by atoms with Gasteiger partial charge in [0.2, 0.25) is 0 Å². The number of carbonyl (C=O) groups is 2. The average Bonchev–Trinajstić information content (AvgIpc) is 0.814. The van der Waals surface area contributed by atoms with E-state index in [4.69, 9.17) is 56.2 Å². The van der Waals surface area contributed by atoms with Gasteiger partial charge >= 0.3 is 11.9 Å². The number of hydrogen-bond donors (Lipinski definition) is 2. The standard InChI is InChI=1S/C86H148O16Si2/c1-57(2)103(58(3)4,59(5)6)95-53-85(15,16)79-43-27-39-71(99-79)49-73(93-55-91-19)51-77-63(13)45-47-69-37-25-35-67(97-69)34-22-30-66-32-24-42-76(88)82(66)84(90)102-78(64(14)46-48-70-38-26-36-68(98-70)33-21-29-65-31-23-41-75(87)81(65)83(89)101-77)52-74(94-56-92-20)50-72-40-28-44-80(100-72)86(17,18)54-96-104(60(7)8,61(9)10)62(11)12/h23-24,31-32,41-42,57-64,67-74,77-80,87-88H,21-22,25-30,33-40,43-56H2,1-20H3/t63-,64-,67-,68+,69-,70+,71-,72-,73-,74-,77+,78+,79+,80+/m0/s1. The van der Waals surface area contributed by atoms with Gasteiger partial charge in [-0.05, 0) is 210 Å². The molecular weight excluding hydrogens is 1350 g/mol. The summed E-state index contributed by atoms with van der Waals surface area (Å²) in [4.78, 5) is 30.1. The topological polar surface area (TPSA) is 185 Å². The first kappa shape index (κ1) is 88.2. The van der Waals surface area contributed by atoms with Crippen molar-refractivity contribution in [3.8, 4) is 11.5 Å². The van der Waals surface area contributed by atoms with Crippen LogP contribution < -0.4 is 0 Å². The molecule has 16 nitrogen and oxygen atoms in total. The summed E-state index contributed by atoms with van der Waals surface area (Å²) in [7, 11) is -0.941. The molecule has 2 aromatic rings. The molecule has 2 aromatic carbocycles. The molecule has 104 heavy (non-hydrogen) atoms. The van der Waals surface area contributed by atoms with Crippen LogP contribution in [0.2, 0.25) is 33.2 Å². The van der Waals surface area contributed by atoms with E-state index < -0.39 is 40.8 Å². The van der Waals surface area contributed by atoms with Crippen LogP contribution in [0.15, 0.2) is 36.4 Å². The number of carbonyl (C=O) groups excluding carboxylic acids is 2. The number of phenolic OH excluding ortho intramolecular Hbond substituents is 2. The molecule has 7 rings (SSSR count). The Morgan fingerprint density at radius 3 is 1.10 bits per heavy atom. The average molecular weight is 1490 g/mol. The summed E-state index contributed by atoms with van der Waals surface area (Å²) in [5.74, 6) is -1.42. The van der Waals surface area contributed by atoms with E-state index >= 15 is 9.59 Å². The summed E-state index contributed by atoms with van der Waals surface area (Å²) in [6, 6.07) is 10.7. The second kappa shape index (κ2) is 41.9. The van der Waals surface area contributed by atoms with Crippen molar-refractivity contribution in [1.29, 1.82) is 0 Å². The maximum absolute atomic E-state index is 15.0. The monoisotopic (exact) mass is 1490 g/mol. The third-order valence-corrected chi connectivity index (χ3v) is 37.4. The predicted molar refractivity (Wildman–Crippen MR) is 421 cm³/mol. The molecule has 5 heterocycles. The van der Waals surface area contributed by atoms with Crippen LogP contribution >= 0.6 is 0 Å². The summed E-state index contributed by atoms with van der Waals surface area (Å²) >= 11 is 0. The number of cyclic esters (lactones) is 2. The molecule has 0 unspecified atom stereocenters. The van der Waals surface area contributed by atoms with Gasteiger partial charge in [-0.15, -0.1) is 0 Å².